The Morgan fingerprint density at radius 3 is 2.89 bits per heavy atom. The van der Waals surface area contributed by atoms with E-state index in [1.165, 1.54) is 11.3 Å². The minimum atomic E-state index is -0.241. The van der Waals surface area contributed by atoms with Crippen LogP contribution in [0.3, 0.4) is 0 Å². The number of benzene rings is 1. The largest absolute Gasteiger partial charge is 0.302 e. The molecule has 1 N–H and O–H groups in total. The second kappa shape index (κ2) is 6.37. The van der Waals surface area contributed by atoms with E-state index in [0.717, 1.165) is 11.3 Å². The molecular formula is C13H12Cl2N2OS. The number of carbonyl (C=O) groups excluding carboxylic acids is 1. The van der Waals surface area contributed by atoms with E-state index in [1.54, 1.807) is 6.92 Å². The van der Waals surface area contributed by atoms with Gasteiger partial charge in [-0.1, -0.05) is 36.7 Å². The Bertz CT molecular complexity index is 586. The number of hydrogen-bond acceptors (Lipinski definition) is 3. The number of rotatable bonds is 4. The predicted molar refractivity (Wildman–Crippen MR) is 81.1 cm³/mol. The number of nitrogens with one attached hydrogen (secondary N) is 1. The van der Waals surface area contributed by atoms with E-state index in [2.05, 4.69) is 10.3 Å². The zero-order valence-electron chi connectivity index (χ0n) is 10.2. The normalized spacial score (nSPS) is 12.2. The molecule has 2 rings (SSSR count). The lowest BCUT2D eigenvalue weighted by Gasteiger charge is -2.05. The van der Waals surface area contributed by atoms with E-state index in [0.29, 0.717) is 10.2 Å². The maximum absolute atomic E-state index is 11.7. The summed E-state index contributed by atoms with van der Waals surface area (Å²) in [5.41, 5.74) is 1.61. The lowest BCUT2D eigenvalue weighted by Crippen LogP contribution is -2.21. The van der Waals surface area contributed by atoms with E-state index >= 15 is 0 Å². The van der Waals surface area contributed by atoms with Gasteiger partial charge in [-0.15, -0.1) is 22.9 Å². The first-order valence-electron chi connectivity index (χ1n) is 5.69. The van der Waals surface area contributed by atoms with Crippen LogP contribution >= 0.6 is 34.5 Å². The monoisotopic (exact) mass is 314 g/mol. The van der Waals surface area contributed by atoms with Crippen LogP contribution in [0.25, 0.3) is 11.3 Å². The van der Waals surface area contributed by atoms with Gasteiger partial charge in [0.15, 0.2) is 5.13 Å². The second-order valence-electron chi connectivity index (χ2n) is 4.06. The van der Waals surface area contributed by atoms with Crippen molar-refractivity contribution in [3.8, 4) is 11.3 Å². The molecule has 1 heterocycles. The fraction of sp³-hybridized carbons (Fsp3) is 0.231. The summed E-state index contributed by atoms with van der Waals surface area (Å²) < 4.78 is 0. The smallest absolute Gasteiger partial charge is 0.230 e. The SMILES string of the molecule is CC(CCl)C(=O)Nc1nc(-c2ccccc2Cl)cs1. The van der Waals surface area contributed by atoms with Crippen LogP contribution in [0.4, 0.5) is 5.13 Å². The molecule has 0 radical (unpaired) electrons. The topological polar surface area (TPSA) is 42.0 Å². The molecule has 0 aliphatic heterocycles. The molecule has 0 spiro atoms. The number of halogens is 2. The van der Waals surface area contributed by atoms with E-state index in [4.69, 9.17) is 23.2 Å². The van der Waals surface area contributed by atoms with Gasteiger partial charge in [0.1, 0.15) is 0 Å². The lowest BCUT2D eigenvalue weighted by molar-refractivity contribution is -0.118. The maximum Gasteiger partial charge on any atom is 0.230 e. The third-order valence-corrected chi connectivity index (χ3v) is 4.11. The number of nitrogens with zero attached hydrogens (tertiary/aromatic N) is 1. The van der Waals surface area contributed by atoms with Crippen LogP contribution in [0.2, 0.25) is 5.02 Å². The van der Waals surface area contributed by atoms with Crippen molar-refractivity contribution < 1.29 is 4.79 Å². The first kappa shape index (κ1) is 14.3. The van der Waals surface area contributed by atoms with Crippen LogP contribution in [0.5, 0.6) is 0 Å². The quantitative estimate of drug-likeness (QED) is 0.856. The molecule has 1 aromatic heterocycles. The van der Waals surface area contributed by atoms with Crippen molar-refractivity contribution in [2.45, 2.75) is 6.92 Å². The fourth-order valence-electron chi connectivity index (χ4n) is 1.42. The Labute approximate surface area is 125 Å². The first-order chi connectivity index (χ1) is 9.11. The van der Waals surface area contributed by atoms with Gasteiger partial charge < -0.3 is 5.32 Å². The number of aromatic nitrogens is 1. The van der Waals surface area contributed by atoms with Gasteiger partial charge in [0.2, 0.25) is 5.91 Å². The van der Waals surface area contributed by atoms with Gasteiger partial charge in [-0.05, 0) is 6.07 Å². The van der Waals surface area contributed by atoms with Crippen molar-refractivity contribution in [2.24, 2.45) is 5.92 Å². The highest BCUT2D eigenvalue weighted by Crippen LogP contribution is 2.30. The highest BCUT2D eigenvalue weighted by Gasteiger charge is 2.14. The fourth-order valence-corrected chi connectivity index (χ4v) is 2.51. The molecule has 1 atom stereocenters. The van der Waals surface area contributed by atoms with Crippen molar-refractivity contribution >= 4 is 45.6 Å². The van der Waals surface area contributed by atoms with Gasteiger partial charge in [-0.2, -0.15) is 0 Å². The zero-order valence-corrected chi connectivity index (χ0v) is 12.5. The summed E-state index contributed by atoms with van der Waals surface area (Å²) in [5, 5.41) is 5.80. The number of hydrogen-bond donors (Lipinski definition) is 1. The summed E-state index contributed by atoms with van der Waals surface area (Å²) in [4.78, 5) is 16.1. The average molecular weight is 315 g/mol. The van der Waals surface area contributed by atoms with E-state index in [-0.39, 0.29) is 17.7 Å². The molecule has 6 heteroatoms. The van der Waals surface area contributed by atoms with Gasteiger partial charge in [0.25, 0.3) is 0 Å². The summed E-state index contributed by atoms with van der Waals surface area (Å²) >= 11 is 13.1. The van der Waals surface area contributed by atoms with Gasteiger partial charge >= 0.3 is 0 Å². The molecular weight excluding hydrogens is 303 g/mol. The van der Waals surface area contributed by atoms with Gasteiger partial charge in [0, 0.05) is 27.8 Å². The maximum atomic E-state index is 11.7. The van der Waals surface area contributed by atoms with E-state index in [9.17, 15) is 4.79 Å². The standard InChI is InChI=1S/C13H12Cl2N2OS/c1-8(6-14)12(18)17-13-16-11(7-19-13)9-4-2-3-5-10(9)15/h2-5,7-8H,6H2,1H3,(H,16,17,18). The van der Waals surface area contributed by atoms with Crippen molar-refractivity contribution in [1.82, 2.24) is 4.98 Å². The lowest BCUT2D eigenvalue weighted by atomic mass is 10.2. The molecule has 0 saturated carbocycles. The summed E-state index contributed by atoms with van der Waals surface area (Å²) in [6.07, 6.45) is 0. The van der Waals surface area contributed by atoms with Crippen molar-refractivity contribution in [3.05, 3.63) is 34.7 Å². The van der Waals surface area contributed by atoms with E-state index in [1.807, 2.05) is 29.6 Å². The minimum absolute atomic E-state index is 0.130. The minimum Gasteiger partial charge on any atom is -0.302 e. The third-order valence-electron chi connectivity index (χ3n) is 2.56. The molecule has 3 nitrogen and oxygen atoms in total. The molecule has 0 saturated heterocycles. The van der Waals surface area contributed by atoms with Gasteiger partial charge in [-0.25, -0.2) is 4.98 Å². The summed E-state index contributed by atoms with van der Waals surface area (Å²) in [5.74, 6) is -0.0846. The Hall–Kier alpha value is -1.10. The second-order valence-corrected chi connectivity index (χ2v) is 5.64. The predicted octanol–water partition coefficient (Wildman–Crippen LogP) is 4.28. The Morgan fingerprint density at radius 2 is 2.21 bits per heavy atom. The number of alkyl halides is 1. The van der Waals surface area contributed by atoms with Gasteiger partial charge in [0.05, 0.1) is 5.69 Å². The molecule has 1 aromatic carbocycles. The van der Waals surface area contributed by atoms with Crippen LogP contribution in [-0.4, -0.2) is 16.8 Å². The Kier molecular flexibility index (Phi) is 4.80. The van der Waals surface area contributed by atoms with Crippen molar-refractivity contribution in [2.75, 3.05) is 11.2 Å². The number of amides is 1. The Morgan fingerprint density at radius 1 is 1.47 bits per heavy atom. The molecule has 1 unspecified atom stereocenters. The highest BCUT2D eigenvalue weighted by molar-refractivity contribution is 7.14. The van der Waals surface area contributed by atoms with E-state index < -0.39 is 0 Å². The number of anilines is 1. The van der Waals surface area contributed by atoms with Crippen molar-refractivity contribution in [3.63, 3.8) is 0 Å². The summed E-state index contributed by atoms with van der Waals surface area (Å²) in [7, 11) is 0. The number of carbonyl (C=O) groups is 1. The molecule has 0 aliphatic carbocycles. The molecule has 0 fully saturated rings. The third kappa shape index (κ3) is 3.47. The van der Waals surface area contributed by atoms with Crippen molar-refractivity contribution in [1.29, 1.82) is 0 Å². The molecule has 1 amide bonds. The van der Waals surface area contributed by atoms with Crippen LogP contribution in [-0.2, 0) is 4.79 Å². The van der Waals surface area contributed by atoms with Gasteiger partial charge in [-0.3, -0.25) is 4.79 Å². The van der Waals surface area contributed by atoms with Crippen LogP contribution in [0.15, 0.2) is 29.6 Å². The van der Waals surface area contributed by atoms with Crippen LogP contribution in [0, 0.1) is 5.92 Å². The highest BCUT2D eigenvalue weighted by atomic mass is 35.5. The van der Waals surface area contributed by atoms with Crippen LogP contribution in [0.1, 0.15) is 6.92 Å². The van der Waals surface area contributed by atoms with Crippen LogP contribution < -0.4 is 5.32 Å². The molecule has 0 bridgehead atoms. The molecule has 2 aromatic rings. The summed E-state index contributed by atoms with van der Waals surface area (Å²) in [6.45, 7) is 1.77. The molecule has 0 aliphatic rings. The Balaban J connectivity index is 2.16. The summed E-state index contributed by atoms with van der Waals surface area (Å²) in [6, 6.07) is 7.46. The number of thiazole rings is 1. The zero-order chi connectivity index (χ0) is 13.8. The average Bonchev–Trinajstić information content (AvgIpc) is 2.86. The molecule has 100 valence electrons. The first-order valence-corrected chi connectivity index (χ1v) is 7.48. The molecule has 19 heavy (non-hydrogen) atoms.